The van der Waals surface area contributed by atoms with E-state index in [1.807, 2.05) is 60.7 Å². The number of hydrogen-bond donors (Lipinski definition) is 2. The Labute approximate surface area is 147 Å². The van der Waals surface area contributed by atoms with E-state index in [1.165, 1.54) is 0 Å². The lowest BCUT2D eigenvalue weighted by molar-refractivity contribution is -0.134. The Morgan fingerprint density at radius 1 is 1.00 bits per heavy atom. The van der Waals surface area contributed by atoms with Gasteiger partial charge in [-0.3, -0.25) is 9.59 Å². The van der Waals surface area contributed by atoms with Crippen LogP contribution in [0.1, 0.15) is 29.9 Å². The fraction of sp³-hybridized carbons (Fsp3) is 0.300. The van der Waals surface area contributed by atoms with Gasteiger partial charge < -0.3 is 15.8 Å². The first-order valence-corrected chi connectivity index (χ1v) is 8.48. The highest BCUT2D eigenvalue weighted by atomic mass is 16.5. The molecular formula is C20H22N2O3. The van der Waals surface area contributed by atoms with Crippen molar-refractivity contribution in [3.63, 3.8) is 0 Å². The van der Waals surface area contributed by atoms with Crippen molar-refractivity contribution >= 4 is 11.8 Å². The van der Waals surface area contributed by atoms with E-state index in [1.54, 1.807) is 0 Å². The molecule has 25 heavy (non-hydrogen) atoms. The van der Waals surface area contributed by atoms with Crippen molar-refractivity contribution in [3.05, 3.63) is 71.8 Å². The lowest BCUT2D eigenvalue weighted by Crippen LogP contribution is -2.51. The molecule has 1 heterocycles. The van der Waals surface area contributed by atoms with Crippen LogP contribution in [0.2, 0.25) is 0 Å². The van der Waals surface area contributed by atoms with Crippen LogP contribution in [0.5, 0.6) is 0 Å². The summed E-state index contributed by atoms with van der Waals surface area (Å²) < 4.78 is 5.42. The summed E-state index contributed by atoms with van der Waals surface area (Å²) >= 11 is 0. The van der Waals surface area contributed by atoms with Crippen LogP contribution in [0.15, 0.2) is 60.7 Å². The van der Waals surface area contributed by atoms with Gasteiger partial charge in [0.2, 0.25) is 11.8 Å². The van der Waals surface area contributed by atoms with Crippen LogP contribution in [-0.4, -0.2) is 30.6 Å². The van der Waals surface area contributed by atoms with E-state index < -0.39 is 18.1 Å². The van der Waals surface area contributed by atoms with Gasteiger partial charge >= 0.3 is 0 Å². The highest BCUT2D eigenvalue weighted by Crippen LogP contribution is 2.28. The highest BCUT2D eigenvalue weighted by Gasteiger charge is 2.33. The van der Waals surface area contributed by atoms with Gasteiger partial charge in [-0.15, -0.1) is 0 Å². The van der Waals surface area contributed by atoms with Gasteiger partial charge in [-0.1, -0.05) is 60.7 Å². The minimum atomic E-state index is -0.846. The van der Waals surface area contributed by atoms with E-state index in [4.69, 9.17) is 10.5 Å². The zero-order valence-corrected chi connectivity index (χ0v) is 13.9. The van der Waals surface area contributed by atoms with Crippen LogP contribution < -0.4 is 11.1 Å². The smallest absolute Gasteiger partial charge is 0.249 e. The number of ether oxygens (including phenoxy) is 1. The third-order valence-electron chi connectivity index (χ3n) is 4.48. The summed E-state index contributed by atoms with van der Waals surface area (Å²) in [6.07, 6.45) is 1.01. The number of carbonyl (C=O) groups is 2. The first-order valence-electron chi connectivity index (χ1n) is 8.48. The number of hydrogen-bond acceptors (Lipinski definition) is 3. The molecule has 1 aliphatic rings. The lowest BCUT2D eigenvalue weighted by Gasteiger charge is -2.27. The summed E-state index contributed by atoms with van der Waals surface area (Å²) in [7, 11) is 0. The summed E-state index contributed by atoms with van der Waals surface area (Å²) in [6.45, 7) is 0.570. The molecule has 2 amide bonds. The molecule has 130 valence electrons. The molecule has 3 rings (SSSR count). The predicted octanol–water partition coefficient (Wildman–Crippen LogP) is 1.97. The van der Waals surface area contributed by atoms with Crippen molar-refractivity contribution in [1.29, 1.82) is 0 Å². The summed E-state index contributed by atoms with van der Waals surface area (Å²) in [5.74, 6) is -1.20. The lowest BCUT2D eigenvalue weighted by atomic mass is 9.84. The molecule has 1 aliphatic heterocycles. The van der Waals surface area contributed by atoms with Crippen molar-refractivity contribution in [2.45, 2.75) is 30.9 Å². The number of nitrogens with one attached hydrogen (secondary N) is 1. The van der Waals surface area contributed by atoms with Crippen LogP contribution in [0.25, 0.3) is 0 Å². The van der Waals surface area contributed by atoms with Crippen molar-refractivity contribution in [3.8, 4) is 0 Å². The third kappa shape index (κ3) is 4.06. The number of amides is 2. The van der Waals surface area contributed by atoms with Gasteiger partial charge in [0.1, 0.15) is 12.1 Å². The summed E-state index contributed by atoms with van der Waals surface area (Å²) in [5, 5.41) is 2.82. The zero-order valence-electron chi connectivity index (χ0n) is 13.9. The molecule has 0 bridgehead atoms. The second-order valence-corrected chi connectivity index (χ2v) is 6.19. The normalized spacial score (nSPS) is 18.0. The van der Waals surface area contributed by atoms with E-state index in [-0.39, 0.29) is 11.8 Å². The molecule has 0 aromatic heterocycles. The van der Waals surface area contributed by atoms with E-state index in [0.717, 1.165) is 17.5 Å². The van der Waals surface area contributed by atoms with Crippen LogP contribution in [0.4, 0.5) is 0 Å². The van der Waals surface area contributed by atoms with Crippen molar-refractivity contribution < 1.29 is 14.3 Å². The number of carbonyl (C=O) groups excluding carboxylic acids is 2. The summed E-state index contributed by atoms with van der Waals surface area (Å²) in [5.41, 5.74) is 7.51. The van der Waals surface area contributed by atoms with Crippen LogP contribution >= 0.6 is 0 Å². The molecule has 0 radical (unpaired) electrons. The van der Waals surface area contributed by atoms with E-state index in [2.05, 4.69) is 5.32 Å². The van der Waals surface area contributed by atoms with E-state index in [9.17, 15) is 9.59 Å². The molecule has 5 heteroatoms. The number of nitrogens with two attached hydrogens (primary N) is 1. The number of rotatable bonds is 6. The molecule has 0 saturated carbocycles. The summed E-state index contributed by atoms with van der Waals surface area (Å²) in [4.78, 5) is 24.7. The standard InChI is InChI=1S/C20H22N2O3/c21-19(23)18(22-20(24)16-12-7-13-25-16)17(14-8-3-1-4-9-14)15-10-5-2-6-11-15/h1-6,8-11,16-18H,7,12-13H2,(H2,21,23)(H,22,24)/t16-,18-/m1/s1. The average Bonchev–Trinajstić information content (AvgIpc) is 3.17. The number of benzene rings is 2. The van der Waals surface area contributed by atoms with Gasteiger partial charge in [0, 0.05) is 12.5 Å². The fourth-order valence-corrected chi connectivity index (χ4v) is 3.25. The molecule has 0 unspecified atom stereocenters. The maximum atomic E-state index is 12.5. The van der Waals surface area contributed by atoms with Crippen LogP contribution in [-0.2, 0) is 14.3 Å². The maximum Gasteiger partial charge on any atom is 0.249 e. The molecule has 2 aromatic rings. The quantitative estimate of drug-likeness (QED) is 0.845. The Hall–Kier alpha value is -2.66. The van der Waals surface area contributed by atoms with Gasteiger partial charge in [0.15, 0.2) is 0 Å². The molecule has 3 N–H and O–H groups in total. The number of primary amides is 1. The van der Waals surface area contributed by atoms with E-state index in [0.29, 0.717) is 13.0 Å². The second kappa shape index (κ2) is 7.94. The fourth-order valence-electron chi connectivity index (χ4n) is 3.25. The minimum absolute atomic E-state index is 0.279. The Bertz CT molecular complexity index is 673. The maximum absolute atomic E-state index is 12.5. The molecule has 1 fully saturated rings. The first-order chi connectivity index (χ1) is 12.2. The van der Waals surface area contributed by atoms with Gasteiger partial charge in [-0.25, -0.2) is 0 Å². The Morgan fingerprint density at radius 2 is 1.56 bits per heavy atom. The van der Waals surface area contributed by atoms with Gasteiger partial charge in [-0.2, -0.15) is 0 Å². The SMILES string of the molecule is NC(=O)[C@H](NC(=O)[C@H]1CCCO1)C(c1ccccc1)c1ccccc1. The van der Waals surface area contributed by atoms with Crippen molar-refractivity contribution in [2.75, 3.05) is 6.61 Å². The molecular weight excluding hydrogens is 316 g/mol. The van der Waals surface area contributed by atoms with Crippen molar-refractivity contribution in [2.24, 2.45) is 5.73 Å². The Balaban J connectivity index is 1.93. The van der Waals surface area contributed by atoms with Crippen molar-refractivity contribution in [1.82, 2.24) is 5.32 Å². The Morgan fingerprint density at radius 3 is 2.00 bits per heavy atom. The molecule has 1 saturated heterocycles. The highest BCUT2D eigenvalue weighted by molar-refractivity contribution is 5.89. The topological polar surface area (TPSA) is 81.4 Å². The molecule has 2 atom stereocenters. The summed E-state index contributed by atoms with van der Waals surface area (Å²) in [6, 6.07) is 18.4. The van der Waals surface area contributed by atoms with E-state index >= 15 is 0 Å². The molecule has 0 aliphatic carbocycles. The van der Waals surface area contributed by atoms with Crippen LogP contribution in [0, 0.1) is 0 Å². The van der Waals surface area contributed by atoms with Gasteiger partial charge in [-0.05, 0) is 24.0 Å². The van der Waals surface area contributed by atoms with Gasteiger partial charge in [0.25, 0.3) is 0 Å². The predicted molar refractivity (Wildman–Crippen MR) is 94.8 cm³/mol. The first kappa shape index (κ1) is 17.2. The molecule has 5 nitrogen and oxygen atoms in total. The third-order valence-corrected chi connectivity index (χ3v) is 4.48. The largest absolute Gasteiger partial charge is 0.368 e. The average molecular weight is 338 g/mol. The monoisotopic (exact) mass is 338 g/mol. The van der Waals surface area contributed by atoms with Crippen LogP contribution in [0.3, 0.4) is 0 Å². The zero-order chi connectivity index (χ0) is 17.6. The molecule has 2 aromatic carbocycles. The Kier molecular flexibility index (Phi) is 5.46. The second-order valence-electron chi connectivity index (χ2n) is 6.19. The van der Waals surface area contributed by atoms with Gasteiger partial charge in [0.05, 0.1) is 0 Å². The molecule has 0 spiro atoms. The minimum Gasteiger partial charge on any atom is -0.368 e.